The van der Waals surface area contributed by atoms with E-state index in [2.05, 4.69) is 4.90 Å². The van der Waals surface area contributed by atoms with Crippen molar-refractivity contribution in [1.29, 1.82) is 0 Å². The number of aliphatic hydroxyl groups is 1. The van der Waals surface area contributed by atoms with Crippen LogP contribution < -0.4 is 5.73 Å². The van der Waals surface area contributed by atoms with E-state index in [1.54, 1.807) is 0 Å². The molecule has 8 N–H and O–H groups in total. The summed E-state index contributed by atoms with van der Waals surface area (Å²) in [4.78, 5) is 33.0. The molecule has 0 aromatic heterocycles. The Morgan fingerprint density at radius 1 is 1.04 bits per heavy atom. The molecule has 3 rings (SSSR count). The number of carboxylic acids is 3. The van der Waals surface area contributed by atoms with Crippen LogP contribution in [-0.4, -0.2) is 80.0 Å². The Hall–Kier alpha value is -1.75. The Morgan fingerprint density at radius 3 is 1.65 bits per heavy atom. The van der Waals surface area contributed by atoms with Crippen LogP contribution in [0.5, 0.6) is 0 Å². The third-order valence-corrected chi connectivity index (χ3v) is 3.99. The normalized spacial score (nSPS) is 25.6. The first kappa shape index (κ1) is 21.2. The molecule has 3 heterocycles. The highest BCUT2D eigenvalue weighted by molar-refractivity contribution is 5.88. The van der Waals surface area contributed by atoms with E-state index < -0.39 is 36.4 Å². The van der Waals surface area contributed by atoms with Crippen LogP contribution in [0.1, 0.15) is 25.7 Å². The van der Waals surface area contributed by atoms with Gasteiger partial charge in [-0.25, -0.2) is 4.79 Å². The van der Waals surface area contributed by atoms with Crippen molar-refractivity contribution < 1.29 is 40.3 Å². The summed E-state index contributed by atoms with van der Waals surface area (Å²) in [6.45, 7) is 3.77. The van der Waals surface area contributed by atoms with Crippen LogP contribution in [0.4, 0.5) is 0 Å². The van der Waals surface area contributed by atoms with Gasteiger partial charge < -0.3 is 36.5 Å². The number of piperidine rings is 3. The summed E-state index contributed by atoms with van der Waals surface area (Å²) in [7, 11) is 0. The van der Waals surface area contributed by atoms with Crippen molar-refractivity contribution in [2.45, 2.75) is 37.3 Å². The van der Waals surface area contributed by atoms with E-state index >= 15 is 0 Å². The number of fused-ring (bicyclic) bond motifs is 3. The van der Waals surface area contributed by atoms with E-state index in [-0.39, 0.29) is 5.48 Å². The molecule has 0 aliphatic carbocycles. The Labute approximate surface area is 132 Å². The third-order valence-electron chi connectivity index (χ3n) is 3.99. The van der Waals surface area contributed by atoms with Gasteiger partial charge in [0.05, 0.1) is 12.8 Å². The van der Waals surface area contributed by atoms with Crippen molar-refractivity contribution in [3.05, 3.63) is 0 Å². The van der Waals surface area contributed by atoms with Gasteiger partial charge in [0, 0.05) is 12.6 Å². The molecule has 0 spiro atoms. The predicted molar refractivity (Wildman–Crippen MR) is 77.8 cm³/mol. The van der Waals surface area contributed by atoms with Crippen LogP contribution in [-0.2, 0) is 14.4 Å². The number of nitrogens with two attached hydrogens (primary N) is 1. The lowest BCUT2D eigenvalue weighted by Crippen LogP contribution is -2.54. The maximum atomic E-state index is 10.3. The van der Waals surface area contributed by atoms with Gasteiger partial charge in [-0.1, -0.05) is 0 Å². The Kier molecular flexibility index (Phi) is 8.10. The van der Waals surface area contributed by atoms with Gasteiger partial charge in [0.25, 0.3) is 0 Å². The van der Waals surface area contributed by atoms with Crippen LogP contribution in [0.2, 0.25) is 0 Å². The first-order chi connectivity index (χ1) is 10.1. The standard InChI is InChI=1S/C7H14N2.C6H8O7.H2O/c8-7-5-9-3-1-6(7)2-4-9;7-3(8)1-6(13,5(11)12)2-4(9)10;/h6-7H,1-5,8H2;13H,1-2H2,(H,7,8)(H,9,10)(H,11,12);1H2. The fourth-order valence-electron chi connectivity index (χ4n) is 2.72. The SMILES string of the molecule is NC1CN2CCC1CC2.O.O=C(O)CC(O)(CC(=O)O)C(=O)O. The Morgan fingerprint density at radius 2 is 1.48 bits per heavy atom. The number of carbonyl (C=O) groups is 3. The summed E-state index contributed by atoms with van der Waals surface area (Å²) in [5, 5.41) is 33.8. The van der Waals surface area contributed by atoms with Gasteiger partial charge in [0.15, 0.2) is 5.60 Å². The third kappa shape index (κ3) is 6.48. The Bertz CT molecular complexity index is 418. The smallest absolute Gasteiger partial charge is 0.336 e. The van der Waals surface area contributed by atoms with Crippen molar-refractivity contribution in [3.8, 4) is 0 Å². The molecule has 2 bridgehead atoms. The molecule has 10 nitrogen and oxygen atoms in total. The van der Waals surface area contributed by atoms with Gasteiger partial charge in [-0.2, -0.15) is 0 Å². The molecule has 3 aliphatic heterocycles. The van der Waals surface area contributed by atoms with Crippen LogP contribution >= 0.6 is 0 Å². The molecule has 0 radical (unpaired) electrons. The monoisotopic (exact) mass is 336 g/mol. The highest BCUT2D eigenvalue weighted by atomic mass is 16.4. The summed E-state index contributed by atoms with van der Waals surface area (Å²) in [6.07, 6.45) is 0.408. The molecule has 0 saturated carbocycles. The fourth-order valence-corrected chi connectivity index (χ4v) is 2.72. The summed E-state index contributed by atoms with van der Waals surface area (Å²) < 4.78 is 0. The van der Waals surface area contributed by atoms with Crippen molar-refractivity contribution in [3.63, 3.8) is 0 Å². The van der Waals surface area contributed by atoms with E-state index in [1.165, 1.54) is 25.9 Å². The molecular formula is C13H24N2O8. The van der Waals surface area contributed by atoms with Crippen molar-refractivity contribution in [2.75, 3.05) is 19.6 Å². The van der Waals surface area contributed by atoms with Gasteiger partial charge in [0.2, 0.25) is 0 Å². The van der Waals surface area contributed by atoms with Crippen molar-refractivity contribution >= 4 is 17.9 Å². The molecule has 0 aromatic carbocycles. The van der Waals surface area contributed by atoms with Gasteiger partial charge in [0.1, 0.15) is 0 Å². The van der Waals surface area contributed by atoms with Crippen LogP contribution in [0, 0.1) is 5.92 Å². The quantitative estimate of drug-likeness (QED) is 0.376. The number of hydrogen-bond donors (Lipinski definition) is 5. The van der Waals surface area contributed by atoms with Crippen molar-refractivity contribution in [1.82, 2.24) is 4.90 Å². The fraction of sp³-hybridized carbons (Fsp3) is 0.769. The summed E-state index contributed by atoms with van der Waals surface area (Å²) in [5.41, 5.74) is 3.14. The molecule has 3 saturated heterocycles. The minimum atomic E-state index is -2.74. The van der Waals surface area contributed by atoms with Gasteiger partial charge in [-0.05, 0) is 31.8 Å². The average Bonchev–Trinajstić information content (AvgIpc) is 2.38. The topological polar surface area (TPSA) is 193 Å². The predicted octanol–water partition coefficient (Wildman–Crippen LogP) is -2.03. The first-order valence-corrected chi connectivity index (χ1v) is 7.01. The lowest BCUT2D eigenvalue weighted by atomic mass is 9.85. The number of hydrogen-bond acceptors (Lipinski definition) is 6. The van der Waals surface area contributed by atoms with Gasteiger partial charge in [-0.15, -0.1) is 0 Å². The molecule has 134 valence electrons. The van der Waals surface area contributed by atoms with E-state index in [1.807, 2.05) is 0 Å². The summed E-state index contributed by atoms with van der Waals surface area (Å²) in [6, 6.07) is 0.493. The lowest BCUT2D eigenvalue weighted by molar-refractivity contribution is -0.170. The summed E-state index contributed by atoms with van der Waals surface area (Å²) >= 11 is 0. The molecule has 1 unspecified atom stereocenters. The van der Waals surface area contributed by atoms with E-state index in [0.717, 1.165) is 12.5 Å². The maximum absolute atomic E-state index is 10.3. The number of nitrogens with zero attached hydrogens (tertiary/aromatic N) is 1. The molecule has 3 aliphatic rings. The summed E-state index contributed by atoms with van der Waals surface area (Å²) in [5.74, 6) is -4.16. The highest BCUT2D eigenvalue weighted by Crippen LogP contribution is 2.25. The minimum Gasteiger partial charge on any atom is -0.481 e. The number of rotatable bonds is 5. The molecule has 10 heteroatoms. The lowest BCUT2D eigenvalue weighted by Gasteiger charge is -2.43. The zero-order valence-electron chi connectivity index (χ0n) is 12.6. The molecule has 23 heavy (non-hydrogen) atoms. The van der Waals surface area contributed by atoms with E-state index in [0.29, 0.717) is 6.04 Å². The minimum absolute atomic E-state index is 0. The van der Waals surface area contributed by atoms with Crippen LogP contribution in [0.25, 0.3) is 0 Å². The van der Waals surface area contributed by atoms with Crippen LogP contribution in [0.3, 0.4) is 0 Å². The second kappa shape index (κ2) is 8.77. The molecule has 1 atom stereocenters. The zero-order valence-corrected chi connectivity index (χ0v) is 12.6. The average molecular weight is 336 g/mol. The van der Waals surface area contributed by atoms with E-state index in [4.69, 9.17) is 26.2 Å². The molecule has 0 aromatic rings. The molecule has 0 amide bonds. The van der Waals surface area contributed by atoms with Crippen LogP contribution in [0.15, 0.2) is 0 Å². The second-order valence-electron chi connectivity index (χ2n) is 5.78. The number of carboxylic acid groups (broad SMARTS) is 3. The molecular weight excluding hydrogens is 312 g/mol. The maximum Gasteiger partial charge on any atom is 0.336 e. The second-order valence-corrected chi connectivity index (χ2v) is 5.78. The first-order valence-electron chi connectivity index (χ1n) is 7.01. The van der Waals surface area contributed by atoms with Crippen molar-refractivity contribution in [2.24, 2.45) is 11.7 Å². The van der Waals surface area contributed by atoms with Gasteiger partial charge >= 0.3 is 17.9 Å². The Balaban J connectivity index is 0.000000421. The van der Waals surface area contributed by atoms with E-state index in [9.17, 15) is 14.4 Å². The molecule has 3 fully saturated rings. The highest BCUT2D eigenvalue weighted by Gasteiger charge is 2.40. The zero-order chi connectivity index (χ0) is 16.9. The number of aliphatic carboxylic acids is 3. The largest absolute Gasteiger partial charge is 0.481 e. The van der Waals surface area contributed by atoms with Gasteiger partial charge in [-0.3, -0.25) is 9.59 Å².